The van der Waals surface area contributed by atoms with Crippen molar-refractivity contribution >= 4 is 35.2 Å². The van der Waals surface area contributed by atoms with Crippen LogP contribution in [-0.2, 0) is 4.74 Å². The number of nitrogens with one attached hydrogen (secondary N) is 1. The molecule has 0 radical (unpaired) electrons. The molecule has 1 aromatic heterocycles. The summed E-state index contributed by atoms with van der Waals surface area (Å²) in [6.45, 7) is 6.59. The third-order valence-electron chi connectivity index (χ3n) is 3.54. The van der Waals surface area contributed by atoms with Gasteiger partial charge in [0.2, 0.25) is 0 Å². The zero-order valence-corrected chi connectivity index (χ0v) is 15.4. The van der Waals surface area contributed by atoms with Gasteiger partial charge in [-0.1, -0.05) is 23.2 Å². The molecule has 6 nitrogen and oxygen atoms in total. The number of carbonyl (C=O) groups excluding carboxylic acids is 2. The van der Waals surface area contributed by atoms with E-state index in [1.807, 2.05) is 20.8 Å². The highest BCUT2D eigenvalue weighted by molar-refractivity contribution is 6.41. The first-order valence-electron chi connectivity index (χ1n) is 7.75. The Morgan fingerprint density at radius 1 is 1.29 bits per heavy atom. The number of carbonyl (C=O) groups is 2. The molecule has 24 heavy (non-hydrogen) atoms. The van der Waals surface area contributed by atoms with Crippen molar-refractivity contribution in [2.45, 2.75) is 45.3 Å². The molecule has 2 rings (SSSR count). The van der Waals surface area contributed by atoms with Crippen molar-refractivity contribution in [3.05, 3.63) is 28.0 Å². The number of rotatable bonds is 2. The number of aromatic nitrogens is 1. The highest BCUT2D eigenvalue weighted by atomic mass is 35.5. The maximum Gasteiger partial charge on any atom is 0.410 e. The van der Waals surface area contributed by atoms with Gasteiger partial charge in [-0.15, -0.1) is 0 Å². The fraction of sp³-hybridized carbons (Fsp3) is 0.562. The van der Waals surface area contributed by atoms with Crippen LogP contribution in [-0.4, -0.2) is 46.6 Å². The van der Waals surface area contributed by atoms with Crippen molar-refractivity contribution < 1.29 is 14.3 Å². The molecule has 1 aliphatic heterocycles. The van der Waals surface area contributed by atoms with Crippen LogP contribution in [0.4, 0.5) is 4.79 Å². The van der Waals surface area contributed by atoms with E-state index in [4.69, 9.17) is 27.9 Å². The van der Waals surface area contributed by atoms with E-state index < -0.39 is 5.60 Å². The minimum absolute atomic E-state index is 0.00867. The minimum atomic E-state index is -0.511. The van der Waals surface area contributed by atoms with E-state index in [2.05, 4.69) is 10.3 Å². The van der Waals surface area contributed by atoms with Crippen molar-refractivity contribution in [3.8, 4) is 0 Å². The fourth-order valence-electron chi connectivity index (χ4n) is 2.35. The SMILES string of the molecule is CC(C)(C)OC(=O)N1CCC(NC(=O)c2cnc(Cl)c(Cl)c2)CC1. The molecule has 0 spiro atoms. The van der Waals surface area contributed by atoms with Crippen molar-refractivity contribution in [2.24, 2.45) is 0 Å². The first-order valence-corrected chi connectivity index (χ1v) is 8.51. The second-order valence-corrected chi connectivity index (χ2v) is 7.48. The van der Waals surface area contributed by atoms with Crippen molar-refractivity contribution in [1.29, 1.82) is 0 Å². The lowest BCUT2D eigenvalue weighted by Gasteiger charge is -2.33. The lowest BCUT2D eigenvalue weighted by Crippen LogP contribution is -2.47. The predicted octanol–water partition coefficient (Wildman–Crippen LogP) is 3.52. The summed E-state index contributed by atoms with van der Waals surface area (Å²) in [7, 11) is 0. The Kier molecular flexibility index (Phi) is 5.93. The van der Waals surface area contributed by atoms with Gasteiger partial charge in [0.05, 0.1) is 10.6 Å². The van der Waals surface area contributed by atoms with Crippen LogP contribution in [0.1, 0.15) is 44.0 Å². The predicted molar refractivity (Wildman–Crippen MR) is 92.6 cm³/mol. The van der Waals surface area contributed by atoms with E-state index in [-0.39, 0.29) is 28.2 Å². The van der Waals surface area contributed by atoms with E-state index in [1.165, 1.54) is 12.3 Å². The lowest BCUT2D eigenvalue weighted by atomic mass is 10.0. The number of ether oxygens (including phenoxy) is 1. The summed E-state index contributed by atoms with van der Waals surface area (Å²) >= 11 is 11.6. The van der Waals surface area contributed by atoms with Crippen LogP contribution in [0.15, 0.2) is 12.3 Å². The van der Waals surface area contributed by atoms with E-state index in [9.17, 15) is 9.59 Å². The Hall–Kier alpha value is -1.53. The maximum atomic E-state index is 12.2. The molecular weight excluding hydrogens is 353 g/mol. The van der Waals surface area contributed by atoms with E-state index in [0.29, 0.717) is 31.5 Å². The summed E-state index contributed by atoms with van der Waals surface area (Å²) in [6, 6.07) is 1.48. The third-order valence-corrected chi connectivity index (χ3v) is 4.23. The van der Waals surface area contributed by atoms with Gasteiger partial charge < -0.3 is 15.0 Å². The van der Waals surface area contributed by atoms with Gasteiger partial charge in [-0.2, -0.15) is 0 Å². The van der Waals surface area contributed by atoms with Gasteiger partial charge >= 0.3 is 6.09 Å². The average molecular weight is 374 g/mol. The van der Waals surface area contributed by atoms with Gasteiger partial charge in [0, 0.05) is 25.3 Å². The quantitative estimate of drug-likeness (QED) is 0.804. The lowest BCUT2D eigenvalue weighted by molar-refractivity contribution is 0.0199. The highest BCUT2D eigenvalue weighted by Crippen LogP contribution is 2.20. The number of likely N-dealkylation sites (tertiary alicyclic amines) is 1. The molecule has 0 bridgehead atoms. The Morgan fingerprint density at radius 2 is 1.92 bits per heavy atom. The van der Waals surface area contributed by atoms with Crippen LogP contribution in [0.5, 0.6) is 0 Å². The van der Waals surface area contributed by atoms with Crippen molar-refractivity contribution in [3.63, 3.8) is 0 Å². The second-order valence-electron chi connectivity index (χ2n) is 6.71. The van der Waals surface area contributed by atoms with Gasteiger partial charge in [-0.3, -0.25) is 4.79 Å². The van der Waals surface area contributed by atoms with Gasteiger partial charge in [-0.05, 0) is 39.7 Å². The third kappa shape index (κ3) is 5.24. The molecule has 132 valence electrons. The molecular formula is C16H21Cl2N3O3. The molecule has 1 fully saturated rings. The van der Waals surface area contributed by atoms with E-state index in [0.717, 1.165) is 0 Å². The molecule has 1 aliphatic rings. The zero-order valence-electron chi connectivity index (χ0n) is 13.9. The zero-order chi connectivity index (χ0) is 17.9. The van der Waals surface area contributed by atoms with E-state index >= 15 is 0 Å². The van der Waals surface area contributed by atoms with E-state index in [1.54, 1.807) is 4.90 Å². The summed E-state index contributed by atoms with van der Waals surface area (Å²) in [6.07, 6.45) is 2.40. The molecule has 0 aliphatic carbocycles. The Bertz CT molecular complexity index is 623. The highest BCUT2D eigenvalue weighted by Gasteiger charge is 2.27. The number of pyridine rings is 1. The molecule has 0 unspecified atom stereocenters. The smallest absolute Gasteiger partial charge is 0.410 e. The number of hydrogen-bond donors (Lipinski definition) is 1. The molecule has 1 aromatic rings. The number of nitrogens with zero attached hydrogens (tertiary/aromatic N) is 2. The second kappa shape index (κ2) is 7.57. The molecule has 1 N–H and O–H groups in total. The fourth-order valence-corrected chi connectivity index (χ4v) is 2.62. The Morgan fingerprint density at radius 3 is 2.46 bits per heavy atom. The van der Waals surface area contributed by atoms with Crippen molar-refractivity contribution in [2.75, 3.05) is 13.1 Å². The Labute approximate surface area is 151 Å². The summed E-state index contributed by atoms with van der Waals surface area (Å²) in [5.41, 5.74) is -0.151. The van der Waals surface area contributed by atoms with Gasteiger partial charge in [-0.25, -0.2) is 9.78 Å². The molecule has 2 heterocycles. The number of halogens is 2. The summed E-state index contributed by atoms with van der Waals surface area (Å²) in [4.78, 5) is 29.8. The topological polar surface area (TPSA) is 71.5 Å². The molecule has 0 saturated carbocycles. The maximum absolute atomic E-state index is 12.2. The number of hydrogen-bond acceptors (Lipinski definition) is 4. The molecule has 0 atom stereocenters. The summed E-state index contributed by atoms with van der Waals surface area (Å²) < 4.78 is 5.35. The first kappa shape index (κ1) is 18.8. The monoisotopic (exact) mass is 373 g/mol. The average Bonchev–Trinajstić information content (AvgIpc) is 2.49. The largest absolute Gasteiger partial charge is 0.444 e. The van der Waals surface area contributed by atoms with Crippen LogP contribution in [0.25, 0.3) is 0 Å². The first-order chi connectivity index (χ1) is 11.2. The van der Waals surface area contributed by atoms with Crippen LogP contribution >= 0.6 is 23.2 Å². The normalized spacial score (nSPS) is 16.0. The van der Waals surface area contributed by atoms with Crippen LogP contribution in [0.3, 0.4) is 0 Å². The van der Waals surface area contributed by atoms with Crippen LogP contribution in [0.2, 0.25) is 10.2 Å². The van der Waals surface area contributed by atoms with Crippen LogP contribution < -0.4 is 5.32 Å². The standard InChI is InChI=1S/C16H21Cl2N3O3/c1-16(2,3)24-15(23)21-6-4-11(5-7-21)20-14(22)10-8-12(17)13(18)19-9-10/h8-9,11H,4-7H2,1-3H3,(H,20,22). The molecule has 1 saturated heterocycles. The summed E-state index contributed by atoms with van der Waals surface area (Å²) in [5, 5.41) is 3.34. The van der Waals surface area contributed by atoms with Crippen LogP contribution in [0, 0.1) is 0 Å². The van der Waals surface area contributed by atoms with Gasteiger partial charge in [0.15, 0.2) is 0 Å². The Balaban J connectivity index is 1.85. The summed E-state index contributed by atoms with van der Waals surface area (Å²) in [5.74, 6) is -0.253. The van der Waals surface area contributed by atoms with Gasteiger partial charge in [0.1, 0.15) is 10.8 Å². The minimum Gasteiger partial charge on any atom is -0.444 e. The molecule has 2 amide bonds. The molecule has 0 aromatic carbocycles. The van der Waals surface area contributed by atoms with Gasteiger partial charge in [0.25, 0.3) is 5.91 Å². The molecule has 8 heteroatoms. The van der Waals surface area contributed by atoms with Crippen molar-refractivity contribution in [1.82, 2.24) is 15.2 Å². The number of piperidine rings is 1. The number of amides is 2.